The maximum Gasteiger partial charge on any atom is 0.324 e. The van der Waals surface area contributed by atoms with Gasteiger partial charge in [-0.2, -0.15) is 0 Å². The van der Waals surface area contributed by atoms with Crippen LogP contribution < -0.4 is 10.6 Å². The van der Waals surface area contributed by atoms with Crippen LogP contribution in [-0.2, 0) is 0 Å². The van der Waals surface area contributed by atoms with Crippen LogP contribution in [0.15, 0.2) is 76.5 Å². The number of urea groups is 1. The molecule has 0 aliphatic rings. The highest BCUT2D eigenvalue weighted by Crippen LogP contribution is 2.43. The molecule has 0 saturated heterocycles. The molecular weight excluding hydrogens is 412 g/mol. The number of phenols is 1. The summed E-state index contributed by atoms with van der Waals surface area (Å²) in [6.07, 6.45) is 0. The lowest BCUT2D eigenvalue weighted by Gasteiger charge is -2.23. The Kier molecular flexibility index (Phi) is 5.83. The molecule has 3 aromatic carbocycles. The molecule has 0 bridgehead atoms. The maximum atomic E-state index is 12.2. The molecule has 11 heteroatoms. The number of carbonyl (C=O) groups is 1. The van der Waals surface area contributed by atoms with Crippen LogP contribution in [0.5, 0.6) is 5.75 Å². The molecule has 152 valence electrons. The number of hydrogen-bond acceptors (Lipinski definition) is 7. The molecule has 3 rings (SSSR count). The topological polar surface area (TPSA) is 153 Å². The Labute approximate surface area is 173 Å². The highest BCUT2D eigenvalue weighted by Gasteiger charge is 2.24. The van der Waals surface area contributed by atoms with Gasteiger partial charge in [-0.1, -0.05) is 36.0 Å². The molecule has 0 spiro atoms. The minimum Gasteiger partial charge on any atom is -0.505 e. The van der Waals surface area contributed by atoms with Crippen LogP contribution in [-0.4, -0.2) is 21.0 Å². The second-order valence-corrected chi connectivity index (χ2v) is 6.98. The van der Waals surface area contributed by atoms with E-state index in [2.05, 4.69) is 0 Å². The number of amides is 2. The number of hydrogen-bond donors (Lipinski definition) is 2. The summed E-state index contributed by atoms with van der Waals surface area (Å²) >= 11 is 1.04. The first-order chi connectivity index (χ1) is 14.3. The predicted molar refractivity (Wildman–Crippen MR) is 110 cm³/mol. The fourth-order valence-electron chi connectivity index (χ4n) is 2.72. The van der Waals surface area contributed by atoms with Crippen molar-refractivity contribution in [1.82, 2.24) is 0 Å². The van der Waals surface area contributed by atoms with E-state index in [1.807, 2.05) is 0 Å². The van der Waals surface area contributed by atoms with Gasteiger partial charge in [-0.3, -0.25) is 25.1 Å². The van der Waals surface area contributed by atoms with E-state index in [4.69, 9.17) is 5.73 Å². The first kappa shape index (κ1) is 20.6. The normalized spacial score (nSPS) is 10.4. The largest absolute Gasteiger partial charge is 0.505 e. The van der Waals surface area contributed by atoms with Crippen LogP contribution in [0.3, 0.4) is 0 Å². The fourth-order valence-corrected chi connectivity index (χ4v) is 3.76. The van der Waals surface area contributed by atoms with Crippen molar-refractivity contribution in [3.05, 3.63) is 87.0 Å². The van der Waals surface area contributed by atoms with Gasteiger partial charge in [-0.25, -0.2) is 4.79 Å². The number of phenolic OH excluding ortho intramolecular Hbond substituents is 1. The molecule has 0 fully saturated rings. The van der Waals surface area contributed by atoms with E-state index >= 15 is 0 Å². The summed E-state index contributed by atoms with van der Waals surface area (Å²) in [7, 11) is 0. The number of carbonyl (C=O) groups excluding carboxylic acids is 1. The second kappa shape index (κ2) is 8.49. The molecule has 0 heterocycles. The molecule has 3 N–H and O–H groups in total. The monoisotopic (exact) mass is 426 g/mol. The molecule has 3 aromatic rings. The standard InChI is InChI=1S/C19H14N4O6S/c20-19(25)21(13-10-9-12(22(26)27)11-16(13)24)14-5-1-3-7-17(14)30-18-8-4-2-6-15(18)23(28)29/h1-11,24H,(H2,20,25). The second-order valence-electron chi connectivity index (χ2n) is 5.90. The van der Waals surface area contributed by atoms with Crippen LogP contribution >= 0.6 is 11.8 Å². The van der Waals surface area contributed by atoms with E-state index < -0.39 is 21.6 Å². The molecular formula is C19H14N4O6S. The number of rotatable bonds is 6. The third-order valence-corrected chi connectivity index (χ3v) is 5.15. The van der Waals surface area contributed by atoms with E-state index in [-0.39, 0.29) is 22.7 Å². The van der Waals surface area contributed by atoms with Crippen molar-refractivity contribution in [2.75, 3.05) is 4.90 Å². The van der Waals surface area contributed by atoms with E-state index in [1.54, 1.807) is 42.5 Å². The number of aromatic hydroxyl groups is 1. The van der Waals surface area contributed by atoms with Crippen LogP contribution in [0, 0.1) is 20.2 Å². The number of primary amides is 1. The van der Waals surface area contributed by atoms with E-state index in [1.165, 1.54) is 12.1 Å². The number of para-hydroxylation sites is 2. The quantitative estimate of drug-likeness (QED) is 0.432. The fraction of sp³-hybridized carbons (Fsp3) is 0. The molecule has 2 amide bonds. The van der Waals surface area contributed by atoms with Crippen molar-refractivity contribution in [2.24, 2.45) is 5.73 Å². The van der Waals surface area contributed by atoms with Crippen LogP contribution in [0.25, 0.3) is 0 Å². The van der Waals surface area contributed by atoms with Gasteiger partial charge in [0.25, 0.3) is 11.4 Å². The van der Waals surface area contributed by atoms with Gasteiger partial charge in [0.05, 0.1) is 32.2 Å². The summed E-state index contributed by atoms with van der Waals surface area (Å²) in [4.78, 5) is 35.0. The molecule has 10 nitrogen and oxygen atoms in total. The van der Waals surface area contributed by atoms with Crippen molar-refractivity contribution in [3.8, 4) is 5.75 Å². The SMILES string of the molecule is NC(=O)N(c1ccc([N+](=O)[O-])cc1O)c1ccccc1Sc1ccccc1[N+](=O)[O-]. The zero-order valence-corrected chi connectivity index (χ0v) is 16.0. The molecule has 0 aliphatic heterocycles. The summed E-state index contributed by atoms with van der Waals surface area (Å²) in [5.41, 5.74) is 5.25. The van der Waals surface area contributed by atoms with Crippen molar-refractivity contribution >= 4 is 40.5 Å². The molecule has 0 aliphatic carbocycles. The number of benzene rings is 3. The average Bonchev–Trinajstić information content (AvgIpc) is 2.70. The zero-order chi connectivity index (χ0) is 21.8. The minimum atomic E-state index is -0.949. The number of nitro groups is 2. The van der Waals surface area contributed by atoms with Crippen molar-refractivity contribution in [3.63, 3.8) is 0 Å². The number of nitro benzene ring substituents is 2. The highest BCUT2D eigenvalue weighted by atomic mass is 32.2. The Bertz CT molecular complexity index is 1150. The summed E-state index contributed by atoms with van der Waals surface area (Å²) < 4.78 is 0. The molecule has 0 aromatic heterocycles. The molecule has 0 radical (unpaired) electrons. The zero-order valence-electron chi connectivity index (χ0n) is 15.2. The van der Waals surface area contributed by atoms with Crippen LogP contribution in [0.4, 0.5) is 27.5 Å². The summed E-state index contributed by atoms with van der Waals surface area (Å²) in [6.45, 7) is 0. The summed E-state index contributed by atoms with van der Waals surface area (Å²) in [5, 5.41) is 32.5. The van der Waals surface area contributed by atoms with Gasteiger partial charge in [0, 0.05) is 17.0 Å². The number of nitrogens with two attached hydrogens (primary N) is 1. The van der Waals surface area contributed by atoms with Gasteiger partial charge >= 0.3 is 6.03 Å². The Morgan fingerprint density at radius 1 is 0.900 bits per heavy atom. The summed E-state index contributed by atoms with van der Waals surface area (Å²) in [5.74, 6) is -0.520. The number of nitrogens with zero attached hydrogens (tertiary/aromatic N) is 3. The molecule has 0 saturated carbocycles. The van der Waals surface area contributed by atoms with Crippen molar-refractivity contribution in [2.45, 2.75) is 9.79 Å². The van der Waals surface area contributed by atoms with Gasteiger partial charge in [0.1, 0.15) is 5.75 Å². The number of non-ortho nitro benzene ring substituents is 1. The van der Waals surface area contributed by atoms with Crippen LogP contribution in [0.1, 0.15) is 0 Å². The molecule has 30 heavy (non-hydrogen) atoms. The van der Waals surface area contributed by atoms with Gasteiger partial charge < -0.3 is 10.8 Å². The molecule has 0 unspecified atom stereocenters. The summed E-state index contributed by atoms with van der Waals surface area (Å²) in [6, 6.07) is 14.9. The Morgan fingerprint density at radius 3 is 2.13 bits per heavy atom. The average molecular weight is 426 g/mol. The van der Waals surface area contributed by atoms with Crippen LogP contribution in [0.2, 0.25) is 0 Å². The lowest BCUT2D eigenvalue weighted by Crippen LogP contribution is -2.31. The minimum absolute atomic E-state index is 0.0660. The Hall–Kier alpha value is -4.12. The first-order valence-corrected chi connectivity index (χ1v) is 9.18. The van der Waals surface area contributed by atoms with E-state index in [0.29, 0.717) is 9.79 Å². The third kappa shape index (κ3) is 4.15. The van der Waals surface area contributed by atoms with E-state index in [0.717, 1.165) is 28.8 Å². The van der Waals surface area contributed by atoms with Gasteiger partial charge in [0.15, 0.2) is 0 Å². The van der Waals surface area contributed by atoms with Gasteiger partial charge in [-0.05, 0) is 24.3 Å². The highest BCUT2D eigenvalue weighted by molar-refractivity contribution is 7.99. The smallest absolute Gasteiger partial charge is 0.324 e. The maximum absolute atomic E-state index is 12.2. The third-order valence-electron chi connectivity index (χ3n) is 4.02. The molecule has 0 atom stereocenters. The van der Waals surface area contributed by atoms with Crippen molar-refractivity contribution < 1.29 is 19.7 Å². The van der Waals surface area contributed by atoms with Crippen molar-refractivity contribution in [1.29, 1.82) is 0 Å². The Morgan fingerprint density at radius 2 is 1.53 bits per heavy atom. The van der Waals surface area contributed by atoms with Gasteiger partial charge in [0.2, 0.25) is 0 Å². The lowest BCUT2D eigenvalue weighted by molar-refractivity contribution is -0.387. The first-order valence-electron chi connectivity index (χ1n) is 8.37. The predicted octanol–water partition coefficient (Wildman–Crippen LogP) is 4.58. The van der Waals surface area contributed by atoms with Gasteiger partial charge in [-0.15, -0.1) is 0 Å². The Balaban J connectivity index is 2.10. The lowest BCUT2D eigenvalue weighted by atomic mass is 10.2. The van der Waals surface area contributed by atoms with E-state index in [9.17, 15) is 30.1 Å². The number of anilines is 2.